The van der Waals surface area contributed by atoms with E-state index < -0.39 is 0 Å². The first-order valence-electron chi connectivity index (χ1n) is 9.59. The van der Waals surface area contributed by atoms with Crippen LogP contribution < -0.4 is 10.2 Å². The maximum Gasteiger partial charge on any atom is 0.237 e. The fourth-order valence-electron chi connectivity index (χ4n) is 4.04. The Balaban J connectivity index is 1.50. The molecule has 4 nitrogen and oxygen atoms in total. The molecule has 3 rings (SSSR count). The molecule has 0 spiro atoms. The van der Waals surface area contributed by atoms with Crippen LogP contribution >= 0.6 is 11.6 Å². The van der Waals surface area contributed by atoms with Gasteiger partial charge in [0.25, 0.3) is 0 Å². The van der Waals surface area contributed by atoms with Crippen molar-refractivity contribution in [2.75, 3.05) is 31.1 Å². The molecule has 1 aromatic rings. The SMILES string of the molecule is C[C@@H]1CCCC[C@H]1NC(=O)[C@@H](C)N1CCN(c2cccc(Cl)c2)CC1. The number of carbonyl (C=O) groups excluding carboxylic acids is 1. The van der Waals surface area contributed by atoms with Gasteiger partial charge in [0.05, 0.1) is 6.04 Å². The van der Waals surface area contributed by atoms with E-state index in [-0.39, 0.29) is 11.9 Å². The third-order valence-corrected chi connectivity index (χ3v) is 6.09. The van der Waals surface area contributed by atoms with Gasteiger partial charge in [0.2, 0.25) is 5.91 Å². The number of nitrogens with zero attached hydrogens (tertiary/aromatic N) is 2. The summed E-state index contributed by atoms with van der Waals surface area (Å²) in [5.74, 6) is 0.791. The lowest BCUT2D eigenvalue weighted by Gasteiger charge is -2.39. The molecule has 1 aromatic carbocycles. The highest BCUT2D eigenvalue weighted by Crippen LogP contribution is 2.24. The second-order valence-electron chi connectivity index (χ2n) is 7.56. The highest BCUT2D eigenvalue weighted by molar-refractivity contribution is 6.30. The Morgan fingerprint density at radius 3 is 2.60 bits per heavy atom. The van der Waals surface area contributed by atoms with Crippen molar-refractivity contribution in [3.05, 3.63) is 29.3 Å². The predicted octanol–water partition coefficient (Wildman–Crippen LogP) is 3.55. The summed E-state index contributed by atoms with van der Waals surface area (Å²) in [4.78, 5) is 17.3. The van der Waals surface area contributed by atoms with E-state index in [1.165, 1.54) is 24.9 Å². The lowest BCUT2D eigenvalue weighted by Crippen LogP contribution is -2.55. The second-order valence-corrected chi connectivity index (χ2v) is 7.99. The molecular formula is C20H30ClN3O. The first-order valence-corrected chi connectivity index (χ1v) is 9.97. The quantitative estimate of drug-likeness (QED) is 0.888. The van der Waals surface area contributed by atoms with Gasteiger partial charge in [-0.1, -0.05) is 37.4 Å². The summed E-state index contributed by atoms with van der Waals surface area (Å²) in [6.45, 7) is 7.97. The van der Waals surface area contributed by atoms with E-state index in [4.69, 9.17) is 11.6 Å². The molecule has 1 aliphatic heterocycles. The van der Waals surface area contributed by atoms with E-state index in [0.29, 0.717) is 12.0 Å². The van der Waals surface area contributed by atoms with Gasteiger partial charge >= 0.3 is 0 Å². The van der Waals surface area contributed by atoms with E-state index in [2.05, 4.69) is 28.1 Å². The van der Waals surface area contributed by atoms with Crippen LogP contribution in [0.25, 0.3) is 0 Å². The summed E-state index contributed by atoms with van der Waals surface area (Å²) in [5.41, 5.74) is 1.17. The molecule has 1 amide bonds. The van der Waals surface area contributed by atoms with Crippen LogP contribution in [0.4, 0.5) is 5.69 Å². The Labute approximate surface area is 156 Å². The smallest absolute Gasteiger partial charge is 0.237 e. The number of benzene rings is 1. The molecule has 1 saturated heterocycles. The van der Waals surface area contributed by atoms with Crippen LogP contribution in [-0.2, 0) is 4.79 Å². The van der Waals surface area contributed by atoms with Crippen LogP contribution in [0.2, 0.25) is 5.02 Å². The zero-order valence-electron chi connectivity index (χ0n) is 15.4. The fraction of sp³-hybridized carbons (Fsp3) is 0.650. The van der Waals surface area contributed by atoms with Crippen LogP contribution in [0.5, 0.6) is 0 Å². The van der Waals surface area contributed by atoms with Gasteiger partial charge in [-0.25, -0.2) is 0 Å². The number of carbonyl (C=O) groups is 1. The molecule has 5 heteroatoms. The molecule has 0 bridgehead atoms. The lowest BCUT2D eigenvalue weighted by molar-refractivity contribution is -0.127. The normalized spacial score (nSPS) is 26.3. The maximum absolute atomic E-state index is 12.7. The van der Waals surface area contributed by atoms with Crippen LogP contribution in [-0.4, -0.2) is 49.1 Å². The summed E-state index contributed by atoms with van der Waals surface area (Å²) in [6, 6.07) is 8.30. The largest absolute Gasteiger partial charge is 0.369 e. The van der Waals surface area contributed by atoms with Crippen LogP contribution in [0.1, 0.15) is 39.5 Å². The van der Waals surface area contributed by atoms with E-state index in [0.717, 1.165) is 37.6 Å². The van der Waals surface area contributed by atoms with Crippen LogP contribution in [0.15, 0.2) is 24.3 Å². The zero-order valence-corrected chi connectivity index (χ0v) is 16.1. The number of halogens is 1. The number of amides is 1. The van der Waals surface area contributed by atoms with Crippen molar-refractivity contribution in [1.82, 2.24) is 10.2 Å². The molecular weight excluding hydrogens is 334 g/mol. The summed E-state index contributed by atoms with van der Waals surface area (Å²) in [7, 11) is 0. The Bertz CT molecular complexity index is 586. The molecule has 2 aliphatic rings. The summed E-state index contributed by atoms with van der Waals surface area (Å²) in [6.07, 6.45) is 4.90. The van der Waals surface area contributed by atoms with Gasteiger partial charge in [0, 0.05) is 42.9 Å². The molecule has 1 aliphatic carbocycles. The number of piperazine rings is 1. The Hall–Kier alpha value is -1.26. The summed E-state index contributed by atoms with van der Waals surface area (Å²) < 4.78 is 0. The van der Waals surface area contributed by atoms with Crippen LogP contribution in [0, 0.1) is 5.92 Å². The minimum atomic E-state index is -0.0596. The first kappa shape index (κ1) is 18.5. The van der Waals surface area contributed by atoms with Crippen molar-refractivity contribution in [3.63, 3.8) is 0 Å². The van der Waals surface area contributed by atoms with Gasteiger partial charge in [-0.05, 0) is 43.9 Å². The minimum absolute atomic E-state index is 0.0596. The van der Waals surface area contributed by atoms with Gasteiger partial charge in [-0.15, -0.1) is 0 Å². The van der Waals surface area contributed by atoms with Gasteiger partial charge in [-0.2, -0.15) is 0 Å². The number of hydrogen-bond acceptors (Lipinski definition) is 3. The summed E-state index contributed by atoms with van der Waals surface area (Å²) in [5, 5.41) is 4.08. The molecule has 0 radical (unpaired) electrons. The van der Waals surface area contributed by atoms with Crippen molar-refractivity contribution in [1.29, 1.82) is 0 Å². The summed E-state index contributed by atoms with van der Waals surface area (Å²) >= 11 is 6.10. The molecule has 2 fully saturated rings. The lowest BCUT2D eigenvalue weighted by atomic mass is 9.86. The number of nitrogens with one attached hydrogen (secondary N) is 1. The number of hydrogen-bond donors (Lipinski definition) is 1. The van der Waals surface area contributed by atoms with E-state index in [1.807, 2.05) is 25.1 Å². The number of rotatable bonds is 4. The molecule has 0 aromatic heterocycles. The first-order chi connectivity index (χ1) is 12.0. The number of anilines is 1. The van der Waals surface area contributed by atoms with Gasteiger partial charge in [0.1, 0.15) is 0 Å². The molecule has 0 unspecified atom stereocenters. The van der Waals surface area contributed by atoms with Crippen molar-refractivity contribution < 1.29 is 4.79 Å². The van der Waals surface area contributed by atoms with Crippen LogP contribution in [0.3, 0.4) is 0 Å². The third-order valence-electron chi connectivity index (χ3n) is 5.85. The minimum Gasteiger partial charge on any atom is -0.369 e. The van der Waals surface area contributed by atoms with E-state index in [1.54, 1.807) is 0 Å². The molecule has 1 saturated carbocycles. The van der Waals surface area contributed by atoms with Crippen molar-refractivity contribution in [2.45, 2.75) is 51.6 Å². The molecule has 1 N–H and O–H groups in total. The topological polar surface area (TPSA) is 35.6 Å². The van der Waals surface area contributed by atoms with Crippen molar-refractivity contribution in [2.24, 2.45) is 5.92 Å². The second kappa shape index (κ2) is 8.41. The van der Waals surface area contributed by atoms with Gasteiger partial charge < -0.3 is 10.2 Å². The Morgan fingerprint density at radius 2 is 1.92 bits per heavy atom. The van der Waals surface area contributed by atoms with Gasteiger partial charge in [0.15, 0.2) is 0 Å². The molecule has 1 heterocycles. The molecule has 25 heavy (non-hydrogen) atoms. The standard InChI is InChI=1S/C20H30ClN3O/c1-15-6-3-4-9-19(15)22-20(25)16(2)23-10-12-24(13-11-23)18-8-5-7-17(21)14-18/h5,7-8,14-16,19H,3-4,6,9-13H2,1-2H3,(H,22,25)/t15-,16-,19-/m1/s1. The Kier molecular flexibility index (Phi) is 6.24. The molecule has 3 atom stereocenters. The molecule has 138 valence electrons. The van der Waals surface area contributed by atoms with Crippen molar-refractivity contribution in [3.8, 4) is 0 Å². The Morgan fingerprint density at radius 1 is 1.20 bits per heavy atom. The fourth-order valence-corrected chi connectivity index (χ4v) is 4.22. The van der Waals surface area contributed by atoms with E-state index in [9.17, 15) is 4.79 Å². The van der Waals surface area contributed by atoms with Crippen molar-refractivity contribution >= 4 is 23.2 Å². The predicted molar refractivity (Wildman–Crippen MR) is 104 cm³/mol. The zero-order chi connectivity index (χ0) is 17.8. The van der Waals surface area contributed by atoms with E-state index >= 15 is 0 Å². The monoisotopic (exact) mass is 363 g/mol. The highest BCUT2D eigenvalue weighted by Gasteiger charge is 2.29. The van der Waals surface area contributed by atoms with Gasteiger partial charge in [-0.3, -0.25) is 9.69 Å². The average Bonchev–Trinajstić information content (AvgIpc) is 2.63. The maximum atomic E-state index is 12.7. The third kappa shape index (κ3) is 4.68. The highest BCUT2D eigenvalue weighted by atomic mass is 35.5. The average molecular weight is 364 g/mol.